The van der Waals surface area contributed by atoms with Gasteiger partial charge in [-0.15, -0.1) is 0 Å². The molecule has 0 saturated heterocycles. The van der Waals surface area contributed by atoms with Gasteiger partial charge in [-0.25, -0.2) is 9.13 Å². The number of hydrogen-bond acceptors (Lipinski definition) is 15. The largest absolute Gasteiger partial charge is 0.472 e. The first-order valence-corrected chi connectivity index (χ1v) is 45.7. The van der Waals surface area contributed by atoms with Crippen molar-refractivity contribution in [3.8, 4) is 0 Å². The van der Waals surface area contributed by atoms with Crippen LogP contribution in [0.4, 0.5) is 0 Å². The van der Waals surface area contributed by atoms with Crippen LogP contribution in [-0.4, -0.2) is 96.7 Å². The van der Waals surface area contributed by atoms with Gasteiger partial charge in [-0.05, 0) is 173 Å². The summed E-state index contributed by atoms with van der Waals surface area (Å²) < 4.78 is 68.6. The minimum atomic E-state index is -5.02. The minimum absolute atomic E-state index is 0.0208. The summed E-state index contributed by atoms with van der Waals surface area (Å²) in [4.78, 5) is 73.2. The van der Waals surface area contributed by atoms with Crippen LogP contribution in [0.2, 0.25) is 0 Å². The molecule has 0 saturated carbocycles. The highest BCUT2D eigenvalue weighted by atomic mass is 31.2. The van der Waals surface area contributed by atoms with Crippen LogP contribution in [0.3, 0.4) is 0 Å². The van der Waals surface area contributed by atoms with Crippen LogP contribution in [0.5, 0.6) is 0 Å². The molecule has 0 aliphatic rings. The molecule has 0 rings (SSSR count). The molecule has 5 atom stereocenters. The maximum Gasteiger partial charge on any atom is 0.472 e. The van der Waals surface area contributed by atoms with Gasteiger partial charge < -0.3 is 33.8 Å². The molecule has 0 aliphatic carbocycles. The van der Waals surface area contributed by atoms with E-state index in [-0.39, 0.29) is 25.7 Å². The van der Waals surface area contributed by atoms with Gasteiger partial charge in [-0.2, -0.15) is 0 Å². The summed E-state index contributed by atoms with van der Waals surface area (Å²) in [7, 11) is -10.0. The summed E-state index contributed by atoms with van der Waals surface area (Å²) >= 11 is 0. The molecule has 17 nitrogen and oxygen atoms in total. The van der Waals surface area contributed by atoms with E-state index >= 15 is 0 Å². The van der Waals surface area contributed by atoms with Crippen LogP contribution in [0.1, 0.15) is 310 Å². The summed E-state index contributed by atoms with van der Waals surface area (Å²) in [6.45, 7) is 4.48. The fraction of sp³-hybridized carbons (Fsp3) is 0.613. The third kappa shape index (κ3) is 81.9. The van der Waals surface area contributed by atoms with Crippen molar-refractivity contribution < 1.29 is 80.2 Å². The van der Waals surface area contributed by atoms with E-state index in [0.717, 1.165) is 154 Å². The quantitative estimate of drug-likeness (QED) is 0.0169. The summed E-state index contributed by atoms with van der Waals surface area (Å²) in [6, 6.07) is 0. The van der Waals surface area contributed by atoms with E-state index in [0.29, 0.717) is 38.5 Å². The second-order valence-corrected chi connectivity index (χ2v) is 30.6. The summed E-state index contributed by atoms with van der Waals surface area (Å²) in [5.41, 5.74) is 0. The van der Waals surface area contributed by atoms with E-state index in [1.54, 1.807) is 0 Å². The van der Waals surface area contributed by atoms with E-state index in [4.69, 9.17) is 37.0 Å². The highest BCUT2D eigenvalue weighted by Gasteiger charge is 2.30. The van der Waals surface area contributed by atoms with Gasteiger partial charge in [0.1, 0.15) is 19.3 Å². The number of ether oxygens (including phenoxy) is 4. The molecule has 0 amide bonds. The smallest absolute Gasteiger partial charge is 0.462 e. The molecule has 2 unspecified atom stereocenters. The minimum Gasteiger partial charge on any atom is -0.462 e. The number of phosphoric ester groups is 2. The Balaban J connectivity index is 5.58. The lowest BCUT2D eigenvalue weighted by Crippen LogP contribution is -2.30. The Morgan fingerprint density at radius 1 is 0.259 bits per heavy atom. The van der Waals surface area contributed by atoms with Gasteiger partial charge in [0.15, 0.2) is 12.2 Å². The predicted octanol–water partition coefficient (Wildman–Crippen LogP) is 25.7. The van der Waals surface area contributed by atoms with Gasteiger partial charge >= 0.3 is 39.5 Å². The van der Waals surface area contributed by atoms with Crippen molar-refractivity contribution in [3.05, 3.63) is 194 Å². The molecule has 0 aromatic heterocycles. The molecule has 0 fully saturated rings. The van der Waals surface area contributed by atoms with Gasteiger partial charge in [0.25, 0.3) is 0 Å². The highest BCUT2D eigenvalue weighted by molar-refractivity contribution is 7.47. The Morgan fingerprint density at radius 2 is 0.482 bits per heavy atom. The topological polar surface area (TPSA) is 237 Å². The number of esters is 4. The number of carbonyl (C=O) groups excluding carboxylic acids is 4. The zero-order valence-corrected chi connectivity index (χ0v) is 71.3. The van der Waals surface area contributed by atoms with Crippen molar-refractivity contribution in [1.82, 2.24) is 0 Å². The van der Waals surface area contributed by atoms with Crippen LogP contribution in [0.25, 0.3) is 0 Å². The number of allylic oxidation sites excluding steroid dienone is 32. The fourth-order valence-electron chi connectivity index (χ4n) is 10.6. The maximum atomic E-state index is 13.1. The van der Waals surface area contributed by atoms with Crippen LogP contribution >= 0.6 is 15.6 Å². The Bertz CT molecular complexity index is 2890. The molecule has 0 aromatic carbocycles. The fourth-order valence-corrected chi connectivity index (χ4v) is 12.1. The number of phosphoric acid groups is 2. The summed E-state index contributed by atoms with van der Waals surface area (Å²) in [5, 5.41) is 10.7. The lowest BCUT2D eigenvalue weighted by atomic mass is 10.1. The van der Waals surface area contributed by atoms with Crippen LogP contribution < -0.4 is 0 Å². The van der Waals surface area contributed by atoms with Crippen LogP contribution in [0, 0.1) is 0 Å². The third-order valence-electron chi connectivity index (χ3n) is 17.0. The van der Waals surface area contributed by atoms with Crippen molar-refractivity contribution in [1.29, 1.82) is 0 Å². The van der Waals surface area contributed by atoms with Crippen LogP contribution in [0.15, 0.2) is 194 Å². The van der Waals surface area contributed by atoms with Gasteiger partial charge in [-0.1, -0.05) is 306 Å². The van der Waals surface area contributed by atoms with Crippen molar-refractivity contribution in [2.24, 2.45) is 0 Å². The SMILES string of the molecule is CC/C=C\C/C=C\C/C=C\C/C=C\C/C=C\CCCCCC(=O)O[C@H](COC(=O)CC/C=C\C/C=C\C/C=C\C/C=C\C/C=C\CCCCC)COP(=O)(O)OC[C@@H](O)COP(=O)(O)OC[C@@H](COC(=O)CCCCCCCCC/C=C\CCCCCC)OC(=O)CC/C=C\C/C=C\C/C=C\C/C=C\C/C=C\CCCCC. The number of hydrogen-bond donors (Lipinski definition) is 3. The van der Waals surface area contributed by atoms with Crippen LogP contribution in [-0.2, 0) is 65.4 Å². The number of aliphatic hydroxyl groups is 1. The summed E-state index contributed by atoms with van der Waals surface area (Å²) in [5.74, 6) is -2.43. The number of unbranched alkanes of at least 4 members (excludes halogenated alkanes) is 20. The Morgan fingerprint density at radius 3 is 0.821 bits per heavy atom. The van der Waals surface area contributed by atoms with E-state index in [2.05, 4.69) is 186 Å². The molecule has 112 heavy (non-hydrogen) atoms. The molecule has 0 aromatic rings. The average molecular weight is 1600 g/mol. The first-order chi connectivity index (χ1) is 54.7. The Kier molecular flexibility index (Phi) is 78.4. The van der Waals surface area contributed by atoms with E-state index in [1.165, 1.54) is 64.2 Å². The first-order valence-electron chi connectivity index (χ1n) is 42.7. The highest BCUT2D eigenvalue weighted by Crippen LogP contribution is 2.45. The molecule has 19 heteroatoms. The van der Waals surface area contributed by atoms with Crippen molar-refractivity contribution >= 4 is 39.5 Å². The maximum absolute atomic E-state index is 13.1. The Hall–Kier alpha value is -6.10. The van der Waals surface area contributed by atoms with E-state index in [1.807, 2.05) is 36.5 Å². The Labute approximate surface area is 678 Å². The van der Waals surface area contributed by atoms with Crippen molar-refractivity contribution in [2.45, 2.75) is 329 Å². The average Bonchev–Trinajstić information content (AvgIpc) is 0.907. The van der Waals surface area contributed by atoms with E-state index in [9.17, 15) is 43.2 Å². The molecule has 0 radical (unpaired) electrons. The van der Waals surface area contributed by atoms with Crippen molar-refractivity contribution in [2.75, 3.05) is 39.6 Å². The first kappa shape index (κ1) is 106. The molecule has 0 spiro atoms. The van der Waals surface area contributed by atoms with Gasteiger partial charge in [0.05, 0.1) is 26.4 Å². The molecule has 0 heterocycles. The zero-order valence-electron chi connectivity index (χ0n) is 69.5. The molecule has 0 bridgehead atoms. The number of rotatable bonds is 78. The van der Waals surface area contributed by atoms with Gasteiger partial charge in [-0.3, -0.25) is 37.3 Å². The van der Waals surface area contributed by atoms with Crippen molar-refractivity contribution in [3.63, 3.8) is 0 Å². The lowest BCUT2D eigenvalue weighted by molar-refractivity contribution is -0.161. The van der Waals surface area contributed by atoms with Gasteiger partial charge in [0, 0.05) is 25.7 Å². The molecule has 3 N–H and O–H groups in total. The molecule has 0 aliphatic heterocycles. The second kappa shape index (κ2) is 82.9. The predicted molar refractivity (Wildman–Crippen MR) is 463 cm³/mol. The molecule has 634 valence electrons. The monoisotopic (exact) mass is 1600 g/mol. The standard InChI is InChI=1S/C93H150O17P2/c1-5-9-13-17-21-25-29-33-37-40-43-46-50-54-58-62-66-70-74-78-91(96)104-84-89(110-93(98)80-76-72-68-64-60-56-52-48-45-42-39-35-31-27-23-19-15-11-7-3)86-108-112(101,102)106-82-87(94)81-105-111(99,100)107-85-88(83-103-90(95)77-73-69-65-61-57-53-49-36-32-28-24-20-16-12-8-4)109-92(97)79-75-71-67-63-59-55-51-47-44-41-38-34-30-26-22-18-14-10-6-2/h11,15,21-23,25-28,32-35,37-39,43-48,54-56,58-60,66-67,70-71,87-89,94H,5-10,12-14,16-20,24,29-31,36,40-42,49-53,57,61-65,68-69,72-86H2,1-4H3,(H,99,100)(H,101,102)/b15-11-,25-21-,26-22-,27-23-,32-28-,37-33-,38-34-,39-35-,46-43-,47-44-,48-45-,58-54-,59-55-,60-56-,70-66-,71-67-/t87-,88+,89+/m0/s1. The normalized spacial score (nSPS) is 14.7. The zero-order chi connectivity index (χ0) is 81.7. The lowest BCUT2D eigenvalue weighted by Gasteiger charge is -2.21. The van der Waals surface area contributed by atoms with E-state index < -0.39 is 97.5 Å². The molecular weight excluding hydrogens is 1450 g/mol. The number of carbonyl (C=O) groups is 4. The summed E-state index contributed by atoms with van der Waals surface area (Å²) in [6.07, 6.45) is 103. The van der Waals surface area contributed by atoms with Gasteiger partial charge in [0.2, 0.25) is 0 Å². The third-order valence-corrected chi connectivity index (χ3v) is 18.9. The second-order valence-electron chi connectivity index (χ2n) is 27.7. The molecular formula is C93H150O17P2. The number of aliphatic hydroxyl groups excluding tert-OH is 1.